The molecular formula is C15H22ClNO. The molecule has 2 nitrogen and oxygen atoms in total. The predicted molar refractivity (Wildman–Crippen MR) is 76.7 cm³/mol. The highest BCUT2D eigenvalue weighted by molar-refractivity contribution is 6.31. The highest BCUT2D eigenvalue weighted by atomic mass is 35.5. The molecule has 0 aromatic heterocycles. The molecule has 1 aliphatic rings. The number of rotatable bonds is 4. The van der Waals surface area contributed by atoms with Crippen molar-refractivity contribution in [2.45, 2.75) is 51.7 Å². The molecule has 0 bridgehead atoms. The summed E-state index contributed by atoms with van der Waals surface area (Å²) in [5, 5.41) is 0.707. The van der Waals surface area contributed by atoms with Crippen LogP contribution in [0.5, 0.6) is 0 Å². The van der Waals surface area contributed by atoms with Gasteiger partial charge in [0.2, 0.25) is 0 Å². The van der Waals surface area contributed by atoms with E-state index in [0.29, 0.717) is 23.7 Å². The molecule has 0 amide bonds. The van der Waals surface area contributed by atoms with Crippen molar-refractivity contribution in [3.05, 3.63) is 28.8 Å². The maximum absolute atomic E-state index is 6.16. The van der Waals surface area contributed by atoms with Gasteiger partial charge < -0.3 is 10.5 Å². The van der Waals surface area contributed by atoms with Gasteiger partial charge in [-0.2, -0.15) is 0 Å². The smallest absolute Gasteiger partial charge is 0.0755 e. The summed E-state index contributed by atoms with van der Waals surface area (Å²) in [6.07, 6.45) is 6.65. The van der Waals surface area contributed by atoms with Crippen LogP contribution in [0.4, 0.5) is 5.69 Å². The molecular weight excluding hydrogens is 246 g/mol. The molecule has 0 aliphatic heterocycles. The number of hydrogen-bond acceptors (Lipinski definition) is 2. The van der Waals surface area contributed by atoms with Gasteiger partial charge in [-0.25, -0.2) is 0 Å². The number of nitrogen functional groups attached to an aromatic ring is 1. The molecule has 1 aliphatic carbocycles. The third-order valence-corrected chi connectivity index (χ3v) is 4.31. The van der Waals surface area contributed by atoms with E-state index in [1.54, 1.807) is 0 Å². The molecule has 0 saturated heterocycles. The molecule has 1 fully saturated rings. The molecule has 0 radical (unpaired) electrons. The zero-order valence-corrected chi connectivity index (χ0v) is 11.7. The van der Waals surface area contributed by atoms with E-state index in [2.05, 4.69) is 6.92 Å². The Balaban J connectivity index is 1.98. The van der Waals surface area contributed by atoms with Crippen molar-refractivity contribution < 1.29 is 4.74 Å². The molecule has 18 heavy (non-hydrogen) atoms. The summed E-state index contributed by atoms with van der Waals surface area (Å²) < 4.78 is 6.07. The lowest BCUT2D eigenvalue weighted by Gasteiger charge is -2.31. The summed E-state index contributed by atoms with van der Waals surface area (Å²) in [4.78, 5) is 0. The van der Waals surface area contributed by atoms with Gasteiger partial charge in [-0.3, -0.25) is 0 Å². The standard InChI is InChI=1S/C15H22ClNO/c1-2-11-6-3-4-9-15(11)18-10-12-13(16)7-5-8-14(12)17/h5,7-8,11,15H,2-4,6,9-10,17H2,1H3. The van der Waals surface area contributed by atoms with Crippen LogP contribution in [0.25, 0.3) is 0 Å². The molecule has 0 heterocycles. The van der Waals surface area contributed by atoms with E-state index < -0.39 is 0 Å². The molecule has 1 aromatic rings. The Hall–Kier alpha value is -0.730. The summed E-state index contributed by atoms with van der Waals surface area (Å²) >= 11 is 6.16. The van der Waals surface area contributed by atoms with E-state index in [1.807, 2.05) is 18.2 Å². The average Bonchev–Trinajstić information content (AvgIpc) is 2.38. The number of benzene rings is 1. The second-order valence-electron chi connectivity index (χ2n) is 5.11. The van der Waals surface area contributed by atoms with Gasteiger partial charge in [-0.15, -0.1) is 0 Å². The topological polar surface area (TPSA) is 35.2 Å². The molecule has 1 aromatic carbocycles. The van der Waals surface area contributed by atoms with Gasteiger partial charge in [0, 0.05) is 16.3 Å². The summed E-state index contributed by atoms with van der Waals surface area (Å²) in [5.41, 5.74) is 7.60. The van der Waals surface area contributed by atoms with E-state index in [4.69, 9.17) is 22.1 Å². The molecule has 1 saturated carbocycles. The Kier molecular flexibility index (Phi) is 4.90. The third kappa shape index (κ3) is 3.18. The molecule has 2 N–H and O–H groups in total. The number of anilines is 1. The first-order valence-corrected chi connectivity index (χ1v) is 7.24. The van der Waals surface area contributed by atoms with Crippen LogP contribution in [-0.2, 0) is 11.3 Å². The van der Waals surface area contributed by atoms with E-state index >= 15 is 0 Å². The largest absolute Gasteiger partial charge is 0.398 e. The first kappa shape index (κ1) is 13.7. The van der Waals surface area contributed by atoms with Gasteiger partial charge in [-0.05, 0) is 30.9 Å². The zero-order valence-electron chi connectivity index (χ0n) is 11.0. The van der Waals surface area contributed by atoms with Gasteiger partial charge >= 0.3 is 0 Å². The van der Waals surface area contributed by atoms with Gasteiger partial charge in [0.05, 0.1) is 12.7 Å². The summed E-state index contributed by atoms with van der Waals surface area (Å²) in [6.45, 7) is 2.78. The highest BCUT2D eigenvalue weighted by Gasteiger charge is 2.24. The van der Waals surface area contributed by atoms with Crippen LogP contribution in [-0.4, -0.2) is 6.10 Å². The first-order valence-electron chi connectivity index (χ1n) is 6.86. The Labute approximate surface area is 114 Å². The van der Waals surface area contributed by atoms with Crippen LogP contribution in [0.15, 0.2) is 18.2 Å². The second-order valence-corrected chi connectivity index (χ2v) is 5.52. The molecule has 100 valence electrons. The number of ether oxygens (including phenoxy) is 1. The Morgan fingerprint density at radius 2 is 2.11 bits per heavy atom. The van der Waals surface area contributed by atoms with Gasteiger partial charge in [-0.1, -0.05) is 43.9 Å². The van der Waals surface area contributed by atoms with E-state index in [0.717, 1.165) is 11.3 Å². The maximum Gasteiger partial charge on any atom is 0.0755 e. The minimum absolute atomic E-state index is 0.374. The van der Waals surface area contributed by atoms with Crippen LogP contribution in [0.2, 0.25) is 5.02 Å². The number of halogens is 1. The van der Waals surface area contributed by atoms with E-state index in [9.17, 15) is 0 Å². The van der Waals surface area contributed by atoms with Crippen molar-refractivity contribution in [1.29, 1.82) is 0 Å². The minimum atomic E-state index is 0.374. The maximum atomic E-state index is 6.16. The summed E-state index contributed by atoms with van der Waals surface area (Å²) in [7, 11) is 0. The van der Waals surface area contributed by atoms with Crippen LogP contribution >= 0.6 is 11.6 Å². The van der Waals surface area contributed by atoms with Crippen molar-refractivity contribution >= 4 is 17.3 Å². The molecule has 2 unspecified atom stereocenters. The average molecular weight is 268 g/mol. The fourth-order valence-corrected chi connectivity index (χ4v) is 3.01. The zero-order chi connectivity index (χ0) is 13.0. The lowest BCUT2D eigenvalue weighted by atomic mass is 9.85. The lowest BCUT2D eigenvalue weighted by molar-refractivity contribution is -0.0219. The van der Waals surface area contributed by atoms with Crippen molar-refractivity contribution in [2.24, 2.45) is 5.92 Å². The highest BCUT2D eigenvalue weighted by Crippen LogP contribution is 2.31. The van der Waals surface area contributed by atoms with Crippen LogP contribution < -0.4 is 5.73 Å². The second kappa shape index (κ2) is 6.44. The Morgan fingerprint density at radius 3 is 2.83 bits per heavy atom. The summed E-state index contributed by atoms with van der Waals surface area (Å²) in [6, 6.07) is 5.62. The number of nitrogens with two attached hydrogens (primary N) is 1. The van der Waals surface area contributed by atoms with Crippen molar-refractivity contribution in [2.75, 3.05) is 5.73 Å². The van der Waals surface area contributed by atoms with Crippen molar-refractivity contribution in [3.63, 3.8) is 0 Å². The van der Waals surface area contributed by atoms with Crippen LogP contribution in [0.3, 0.4) is 0 Å². The van der Waals surface area contributed by atoms with E-state index in [-0.39, 0.29) is 0 Å². The SMILES string of the molecule is CCC1CCCCC1OCc1c(N)cccc1Cl. The fraction of sp³-hybridized carbons (Fsp3) is 0.600. The first-order chi connectivity index (χ1) is 8.72. The third-order valence-electron chi connectivity index (χ3n) is 3.96. The lowest BCUT2D eigenvalue weighted by Crippen LogP contribution is -2.27. The fourth-order valence-electron chi connectivity index (χ4n) is 2.78. The molecule has 3 heteroatoms. The predicted octanol–water partition coefficient (Wildman–Crippen LogP) is 4.41. The normalized spacial score (nSPS) is 24.1. The molecule has 2 rings (SSSR count). The minimum Gasteiger partial charge on any atom is -0.398 e. The number of hydrogen-bond donors (Lipinski definition) is 1. The van der Waals surface area contributed by atoms with E-state index in [1.165, 1.54) is 32.1 Å². The van der Waals surface area contributed by atoms with Gasteiger partial charge in [0.25, 0.3) is 0 Å². The van der Waals surface area contributed by atoms with Crippen molar-refractivity contribution in [1.82, 2.24) is 0 Å². The van der Waals surface area contributed by atoms with Gasteiger partial charge in [0.1, 0.15) is 0 Å². The van der Waals surface area contributed by atoms with Crippen LogP contribution in [0.1, 0.15) is 44.6 Å². The van der Waals surface area contributed by atoms with Crippen LogP contribution in [0, 0.1) is 5.92 Å². The quantitative estimate of drug-likeness (QED) is 0.821. The molecule has 0 spiro atoms. The van der Waals surface area contributed by atoms with Crippen molar-refractivity contribution in [3.8, 4) is 0 Å². The van der Waals surface area contributed by atoms with Gasteiger partial charge in [0.15, 0.2) is 0 Å². The molecule has 2 atom stereocenters. The Bertz CT molecular complexity index is 374. The Morgan fingerprint density at radius 1 is 1.33 bits per heavy atom. The monoisotopic (exact) mass is 267 g/mol. The summed E-state index contributed by atoms with van der Waals surface area (Å²) in [5.74, 6) is 0.697.